The van der Waals surface area contributed by atoms with Gasteiger partial charge in [0.05, 0.1) is 0 Å². The maximum atomic E-state index is 11.7. The second kappa shape index (κ2) is 4.41. The summed E-state index contributed by atoms with van der Waals surface area (Å²) in [5.74, 6) is 0.353. The number of rotatable bonds is 2. The molecule has 0 aliphatic carbocycles. The van der Waals surface area contributed by atoms with E-state index in [0.29, 0.717) is 5.75 Å². The molecular weight excluding hydrogens is 216 g/mol. The summed E-state index contributed by atoms with van der Waals surface area (Å²) >= 11 is 0. The number of benzene rings is 1. The fourth-order valence-electron chi connectivity index (χ4n) is 1.85. The molecule has 0 bridgehead atoms. The van der Waals surface area contributed by atoms with Crippen LogP contribution in [0.1, 0.15) is 27.3 Å². The van der Waals surface area contributed by atoms with E-state index in [2.05, 4.69) is 9.97 Å². The molecule has 4 nitrogen and oxygen atoms in total. The van der Waals surface area contributed by atoms with Crippen LogP contribution in [0.25, 0.3) is 0 Å². The van der Waals surface area contributed by atoms with E-state index in [1.54, 1.807) is 6.20 Å². The average Bonchev–Trinajstić information content (AvgIpc) is 2.76. The zero-order valence-electron chi connectivity index (χ0n) is 10.1. The molecule has 0 aliphatic rings. The smallest absolute Gasteiger partial charge is 0.379 e. The van der Waals surface area contributed by atoms with Crippen LogP contribution in [0.4, 0.5) is 0 Å². The summed E-state index contributed by atoms with van der Waals surface area (Å²) in [4.78, 5) is 18.3. The van der Waals surface area contributed by atoms with Gasteiger partial charge in [0.15, 0.2) is 0 Å². The molecule has 1 N–H and O–H groups in total. The van der Waals surface area contributed by atoms with Crippen LogP contribution in [0, 0.1) is 20.8 Å². The van der Waals surface area contributed by atoms with Crippen molar-refractivity contribution in [3.8, 4) is 5.75 Å². The molecule has 0 atom stereocenters. The standard InChI is InChI=1S/C13H14N2O2/c1-8-6-9(2)11(10(3)7-8)17-13(16)12-14-4-5-15-12/h4-7H,1-3H3,(H,14,15). The highest BCUT2D eigenvalue weighted by atomic mass is 16.5. The summed E-state index contributed by atoms with van der Waals surface area (Å²) in [6.45, 7) is 5.85. The first kappa shape index (κ1) is 11.4. The molecule has 0 unspecified atom stereocenters. The van der Waals surface area contributed by atoms with Crippen molar-refractivity contribution in [2.75, 3.05) is 0 Å². The number of ether oxygens (including phenoxy) is 1. The van der Waals surface area contributed by atoms with E-state index >= 15 is 0 Å². The number of nitrogens with zero attached hydrogens (tertiary/aromatic N) is 1. The molecule has 0 radical (unpaired) electrons. The van der Waals surface area contributed by atoms with Crippen LogP contribution in [0.15, 0.2) is 24.5 Å². The van der Waals surface area contributed by atoms with Crippen molar-refractivity contribution in [3.63, 3.8) is 0 Å². The highest BCUT2D eigenvalue weighted by Gasteiger charge is 2.14. The molecule has 1 heterocycles. The quantitative estimate of drug-likeness (QED) is 0.637. The highest BCUT2D eigenvalue weighted by Crippen LogP contribution is 2.25. The van der Waals surface area contributed by atoms with E-state index in [9.17, 15) is 4.79 Å². The summed E-state index contributed by atoms with van der Waals surface area (Å²) in [7, 11) is 0. The molecule has 0 aliphatic heterocycles. The highest BCUT2D eigenvalue weighted by molar-refractivity contribution is 5.87. The summed E-state index contributed by atoms with van der Waals surface area (Å²) in [5, 5.41) is 0. The van der Waals surface area contributed by atoms with Crippen molar-refractivity contribution >= 4 is 5.97 Å². The fourth-order valence-corrected chi connectivity index (χ4v) is 1.85. The van der Waals surface area contributed by atoms with Gasteiger partial charge >= 0.3 is 5.97 Å². The lowest BCUT2D eigenvalue weighted by Crippen LogP contribution is -2.12. The van der Waals surface area contributed by atoms with E-state index in [0.717, 1.165) is 16.7 Å². The average molecular weight is 230 g/mol. The summed E-state index contributed by atoms with van der Waals surface area (Å²) in [6.07, 6.45) is 3.11. The van der Waals surface area contributed by atoms with Crippen LogP contribution in [0.2, 0.25) is 0 Å². The number of carbonyl (C=O) groups is 1. The minimum Gasteiger partial charge on any atom is -0.420 e. The Labute approximate surface area is 99.7 Å². The van der Waals surface area contributed by atoms with Gasteiger partial charge in [-0.05, 0) is 31.9 Å². The van der Waals surface area contributed by atoms with Gasteiger partial charge in [-0.25, -0.2) is 9.78 Å². The number of nitrogens with one attached hydrogen (secondary N) is 1. The van der Waals surface area contributed by atoms with Crippen molar-refractivity contribution in [1.29, 1.82) is 0 Å². The predicted molar refractivity (Wildman–Crippen MR) is 64.2 cm³/mol. The lowest BCUT2D eigenvalue weighted by atomic mass is 10.1. The van der Waals surface area contributed by atoms with Gasteiger partial charge in [-0.15, -0.1) is 0 Å². The third-order valence-electron chi connectivity index (χ3n) is 2.49. The Morgan fingerprint density at radius 3 is 2.41 bits per heavy atom. The largest absolute Gasteiger partial charge is 0.420 e. The SMILES string of the molecule is Cc1cc(C)c(OC(=O)c2ncc[nH]2)c(C)c1. The molecule has 0 saturated heterocycles. The van der Waals surface area contributed by atoms with Crippen LogP contribution in [0.5, 0.6) is 5.75 Å². The van der Waals surface area contributed by atoms with Crippen molar-refractivity contribution in [2.24, 2.45) is 0 Å². The van der Waals surface area contributed by atoms with Gasteiger partial charge in [-0.3, -0.25) is 0 Å². The van der Waals surface area contributed by atoms with E-state index in [1.807, 2.05) is 32.9 Å². The van der Waals surface area contributed by atoms with Crippen LogP contribution in [-0.4, -0.2) is 15.9 Å². The third kappa shape index (κ3) is 2.36. The van der Waals surface area contributed by atoms with E-state index in [-0.39, 0.29) is 5.82 Å². The molecule has 1 aromatic heterocycles. The van der Waals surface area contributed by atoms with Crippen molar-refractivity contribution < 1.29 is 9.53 Å². The number of aromatic nitrogens is 2. The van der Waals surface area contributed by atoms with E-state index in [4.69, 9.17) is 4.74 Å². The zero-order valence-corrected chi connectivity index (χ0v) is 10.1. The minimum atomic E-state index is -0.468. The fraction of sp³-hybridized carbons (Fsp3) is 0.231. The number of hydrogen-bond donors (Lipinski definition) is 1. The maximum absolute atomic E-state index is 11.7. The molecule has 4 heteroatoms. The zero-order chi connectivity index (χ0) is 12.4. The van der Waals surface area contributed by atoms with Crippen LogP contribution >= 0.6 is 0 Å². The molecule has 2 aromatic rings. The van der Waals surface area contributed by atoms with Crippen LogP contribution in [0.3, 0.4) is 0 Å². The summed E-state index contributed by atoms with van der Waals surface area (Å²) in [5.41, 5.74) is 3.04. The first-order chi connectivity index (χ1) is 8.08. The van der Waals surface area contributed by atoms with Gasteiger partial charge in [0, 0.05) is 12.4 Å². The Kier molecular flexibility index (Phi) is 2.95. The second-order valence-corrected chi connectivity index (χ2v) is 4.06. The normalized spacial score (nSPS) is 10.3. The molecule has 0 fully saturated rings. The molecule has 17 heavy (non-hydrogen) atoms. The van der Waals surface area contributed by atoms with Gasteiger partial charge in [-0.1, -0.05) is 17.7 Å². The molecular formula is C13H14N2O2. The number of hydrogen-bond acceptors (Lipinski definition) is 3. The van der Waals surface area contributed by atoms with E-state index in [1.165, 1.54) is 6.20 Å². The number of carbonyl (C=O) groups excluding carboxylic acids is 1. The Hall–Kier alpha value is -2.10. The second-order valence-electron chi connectivity index (χ2n) is 4.06. The lowest BCUT2D eigenvalue weighted by molar-refractivity contribution is 0.0720. The Balaban J connectivity index is 2.28. The Morgan fingerprint density at radius 1 is 1.24 bits per heavy atom. The van der Waals surface area contributed by atoms with Gasteiger partial charge in [0.1, 0.15) is 5.75 Å². The van der Waals surface area contributed by atoms with Crippen LogP contribution < -0.4 is 4.74 Å². The first-order valence-corrected chi connectivity index (χ1v) is 5.37. The van der Waals surface area contributed by atoms with Gasteiger partial charge in [0.2, 0.25) is 5.82 Å². The number of aryl methyl sites for hydroxylation is 3. The molecule has 0 saturated carbocycles. The number of aromatic amines is 1. The number of H-pyrrole nitrogens is 1. The molecule has 0 spiro atoms. The Morgan fingerprint density at radius 2 is 1.88 bits per heavy atom. The number of imidazole rings is 1. The lowest BCUT2D eigenvalue weighted by Gasteiger charge is -2.10. The van der Waals surface area contributed by atoms with Crippen molar-refractivity contribution in [3.05, 3.63) is 47.0 Å². The molecule has 88 valence electrons. The van der Waals surface area contributed by atoms with Gasteiger partial charge in [-0.2, -0.15) is 0 Å². The third-order valence-corrected chi connectivity index (χ3v) is 2.49. The van der Waals surface area contributed by atoms with E-state index < -0.39 is 5.97 Å². The monoisotopic (exact) mass is 230 g/mol. The first-order valence-electron chi connectivity index (χ1n) is 5.37. The summed E-state index contributed by atoms with van der Waals surface area (Å²) in [6, 6.07) is 3.97. The summed E-state index contributed by atoms with van der Waals surface area (Å²) < 4.78 is 5.34. The topological polar surface area (TPSA) is 55.0 Å². The predicted octanol–water partition coefficient (Wildman–Crippen LogP) is 2.55. The maximum Gasteiger partial charge on any atom is 0.379 e. The molecule has 1 aromatic carbocycles. The van der Waals surface area contributed by atoms with Crippen molar-refractivity contribution in [1.82, 2.24) is 9.97 Å². The Bertz CT molecular complexity index is 522. The number of esters is 1. The molecule has 2 rings (SSSR count). The minimum absolute atomic E-state index is 0.212. The van der Waals surface area contributed by atoms with Crippen LogP contribution in [-0.2, 0) is 0 Å². The van der Waals surface area contributed by atoms with Gasteiger partial charge < -0.3 is 9.72 Å². The van der Waals surface area contributed by atoms with Gasteiger partial charge in [0.25, 0.3) is 0 Å². The molecule has 0 amide bonds. The van der Waals surface area contributed by atoms with Crippen molar-refractivity contribution in [2.45, 2.75) is 20.8 Å².